The number of ether oxygens (including phenoxy) is 1. The fraction of sp³-hybridized carbons (Fsp3) is 0.455. The highest BCUT2D eigenvalue weighted by Crippen LogP contribution is 2.29. The van der Waals surface area contributed by atoms with Crippen molar-refractivity contribution in [2.24, 2.45) is 5.92 Å². The van der Waals surface area contributed by atoms with Crippen LogP contribution in [0.25, 0.3) is 10.2 Å². The van der Waals surface area contributed by atoms with E-state index in [1.165, 1.54) is 16.0 Å². The molecule has 0 radical (unpaired) electrons. The molecule has 0 aliphatic heterocycles. The number of aromatic nitrogens is 2. The van der Waals surface area contributed by atoms with Crippen molar-refractivity contribution in [2.75, 3.05) is 14.2 Å². The van der Waals surface area contributed by atoms with Crippen LogP contribution in [0.5, 0.6) is 5.75 Å². The van der Waals surface area contributed by atoms with Gasteiger partial charge in [-0.2, -0.15) is 0 Å². The summed E-state index contributed by atoms with van der Waals surface area (Å²) >= 11 is 1.63. The van der Waals surface area contributed by atoms with Gasteiger partial charge in [-0.1, -0.05) is 32.4 Å². The summed E-state index contributed by atoms with van der Waals surface area (Å²) in [7, 11) is 3.70. The van der Waals surface area contributed by atoms with Crippen LogP contribution in [-0.2, 0) is 19.5 Å². The molecule has 0 bridgehead atoms. The van der Waals surface area contributed by atoms with E-state index in [1.807, 2.05) is 19.2 Å². The zero-order chi connectivity index (χ0) is 20.3. The van der Waals surface area contributed by atoms with Crippen LogP contribution in [0.1, 0.15) is 42.1 Å². The molecule has 2 aromatic heterocycles. The van der Waals surface area contributed by atoms with E-state index in [0.717, 1.165) is 35.4 Å². The Morgan fingerprint density at radius 2 is 1.96 bits per heavy atom. The summed E-state index contributed by atoms with van der Waals surface area (Å²) in [4.78, 5) is 24.8. The third kappa shape index (κ3) is 4.62. The lowest BCUT2D eigenvalue weighted by Gasteiger charge is -2.16. The second kappa shape index (κ2) is 8.88. The molecule has 0 amide bonds. The van der Waals surface area contributed by atoms with Crippen LogP contribution < -0.4 is 10.3 Å². The molecule has 150 valence electrons. The fourth-order valence-electron chi connectivity index (χ4n) is 3.39. The van der Waals surface area contributed by atoms with Gasteiger partial charge in [-0.15, -0.1) is 11.3 Å². The molecule has 0 fully saturated rings. The number of hydrogen-bond acceptors (Lipinski definition) is 5. The molecule has 5 nitrogen and oxygen atoms in total. The summed E-state index contributed by atoms with van der Waals surface area (Å²) < 4.78 is 5.20. The molecule has 0 aliphatic carbocycles. The first-order chi connectivity index (χ1) is 13.4. The second-order valence-corrected chi connectivity index (χ2v) is 8.77. The topological polar surface area (TPSA) is 58.2 Å². The molecule has 0 unspecified atom stereocenters. The first kappa shape index (κ1) is 20.6. The number of nitrogens with one attached hydrogen (secondary N) is 1. The van der Waals surface area contributed by atoms with Crippen LogP contribution in [0.15, 0.2) is 29.1 Å². The number of nitrogens with zero attached hydrogens (tertiary/aromatic N) is 2. The Labute approximate surface area is 170 Å². The predicted molar refractivity (Wildman–Crippen MR) is 116 cm³/mol. The quantitative estimate of drug-likeness (QED) is 0.605. The standard InChI is InChI=1S/C22H29N3O2S/c1-6-14(2)11-18-15(3)28-22-20(18)21(26)23-19(24-22)13-25(4)12-16-7-9-17(27-5)10-8-16/h7-10,14H,6,11-13H2,1-5H3,(H,23,24,26)/t14-/m1/s1. The summed E-state index contributed by atoms with van der Waals surface area (Å²) in [5.74, 6) is 2.13. The zero-order valence-corrected chi connectivity index (χ0v) is 18.2. The molecule has 0 saturated heterocycles. The number of thiophene rings is 1. The molecular weight excluding hydrogens is 370 g/mol. The van der Waals surface area contributed by atoms with E-state index in [9.17, 15) is 4.79 Å². The van der Waals surface area contributed by atoms with Crippen molar-refractivity contribution >= 4 is 21.6 Å². The Morgan fingerprint density at radius 3 is 2.61 bits per heavy atom. The maximum atomic E-state index is 12.8. The Hall–Kier alpha value is -2.18. The van der Waals surface area contributed by atoms with E-state index in [0.29, 0.717) is 18.3 Å². The number of H-pyrrole nitrogens is 1. The summed E-state index contributed by atoms with van der Waals surface area (Å²) in [6.07, 6.45) is 2.04. The van der Waals surface area contributed by atoms with Crippen molar-refractivity contribution in [3.05, 3.63) is 56.4 Å². The van der Waals surface area contributed by atoms with Crippen LogP contribution in [0.4, 0.5) is 0 Å². The summed E-state index contributed by atoms with van der Waals surface area (Å²) in [5, 5.41) is 0.782. The molecule has 1 aromatic carbocycles. The predicted octanol–water partition coefficient (Wildman–Crippen LogP) is 4.52. The van der Waals surface area contributed by atoms with Gasteiger partial charge in [0.15, 0.2) is 0 Å². The van der Waals surface area contributed by atoms with E-state index < -0.39 is 0 Å². The van der Waals surface area contributed by atoms with Gasteiger partial charge in [0.1, 0.15) is 16.4 Å². The van der Waals surface area contributed by atoms with Crippen LogP contribution in [-0.4, -0.2) is 29.0 Å². The second-order valence-electron chi connectivity index (χ2n) is 7.57. The lowest BCUT2D eigenvalue weighted by molar-refractivity contribution is 0.310. The Balaban J connectivity index is 1.79. The third-order valence-corrected chi connectivity index (χ3v) is 6.23. The first-order valence-electron chi connectivity index (χ1n) is 9.73. The Bertz CT molecular complexity index is 991. The van der Waals surface area contributed by atoms with Crippen LogP contribution in [0.2, 0.25) is 0 Å². The molecule has 1 atom stereocenters. The molecule has 0 spiro atoms. The van der Waals surface area contributed by atoms with Gasteiger partial charge in [-0.3, -0.25) is 9.69 Å². The van der Waals surface area contributed by atoms with Crippen molar-refractivity contribution in [3.63, 3.8) is 0 Å². The van der Waals surface area contributed by atoms with E-state index in [4.69, 9.17) is 9.72 Å². The Kier molecular flexibility index (Phi) is 6.52. The molecule has 28 heavy (non-hydrogen) atoms. The summed E-state index contributed by atoms with van der Waals surface area (Å²) in [5.41, 5.74) is 2.34. The van der Waals surface area contributed by atoms with Crippen molar-refractivity contribution in [2.45, 2.75) is 46.7 Å². The van der Waals surface area contributed by atoms with Gasteiger partial charge < -0.3 is 9.72 Å². The van der Waals surface area contributed by atoms with Gasteiger partial charge >= 0.3 is 0 Å². The van der Waals surface area contributed by atoms with Gasteiger partial charge in [0, 0.05) is 11.4 Å². The third-order valence-electron chi connectivity index (χ3n) is 5.19. The van der Waals surface area contributed by atoms with E-state index >= 15 is 0 Å². The highest BCUT2D eigenvalue weighted by molar-refractivity contribution is 7.18. The molecule has 3 rings (SSSR count). The van der Waals surface area contributed by atoms with Gasteiger partial charge in [-0.25, -0.2) is 4.98 Å². The number of fused-ring (bicyclic) bond motifs is 1. The van der Waals surface area contributed by atoms with Crippen LogP contribution in [0, 0.1) is 12.8 Å². The van der Waals surface area contributed by atoms with Crippen molar-refractivity contribution in [3.8, 4) is 5.75 Å². The number of hydrogen-bond donors (Lipinski definition) is 1. The van der Waals surface area contributed by atoms with Crippen LogP contribution in [0.3, 0.4) is 0 Å². The maximum absolute atomic E-state index is 12.8. The average molecular weight is 400 g/mol. The lowest BCUT2D eigenvalue weighted by atomic mass is 9.98. The normalized spacial score (nSPS) is 12.6. The minimum atomic E-state index is -0.0134. The van der Waals surface area contributed by atoms with E-state index in [-0.39, 0.29) is 5.56 Å². The molecule has 0 saturated carbocycles. The molecule has 2 heterocycles. The van der Waals surface area contributed by atoms with E-state index in [1.54, 1.807) is 18.4 Å². The van der Waals surface area contributed by atoms with Gasteiger partial charge in [-0.05, 0) is 49.6 Å². The lowest BCUT2D eigenvalue weighted by Crippen LogP contribution is -2.21. The van der Waals surface area contributed by atoms with Crippen molar-refractivity contribution < 1.29 is 4.74 Å². The van der Waals surface area contributed by atoms with Gasteiger partial charge in [0.05, 0.1) is 19.0 Å². The highest BCUT2D eigenvalue weighted by atomic mass is 32.1. The molecule has 0 aliphatic rings. The molecular formula is C22H29N3O2S. The number of benzene rings is 1. The van der Waals surface area contributed by atoms with Crippen molar-refractivity contribution in [1.82, 2.24) is 14.9 Å². The number of methoxy groups -OCH3 is 1. The minimum Gasteiger partial charge on any atom is -0.497 e. The SMILES string of the molecule is CC[C@@H](C)Cc1c(C)sc2nc(CN(C)Cc3ccc(OC)cc3)[nH]c(=O)c12. The minimum absolute atomic E-state index is 0.0134. The first-order valence-corrected chi connectivity index (χ1v) is 10.6. The largest absolute Gasteiger partial charge is 0.497 e. The monoisotopic (exact) mass is 399 g/mol. The fourth-order valence-corrected chi connectivity index (χ4v) is 4.46. The average Bonchev–Trinajstić information content (AvgIpc) is 2.97. The molecule has 6 heteroatoms. The molecule has 1 N–H and O–H groups in total. The number of rotatable bonds is 8. The van der Waals surface area contributed by atoms with Crippen molar-refractivity contribution in [1.29, 1.82) is 0 Å². The summed E-state index contributed by atoms with van der Waals surface area (Å²) in [6.45, 7) is 7.88. The zero-order valence-electron chi connectivity index (χ0n) is 17.3. The molecule has 3 aromatic rings. The van der Waals surface area contributed by atoms with Gasteiger partial charge in [0.25, 0.3) is 5.56 Å². The number of aromatic amines is 1. The highest BCUT2D eigenvalue weighted by Gasteiger charge is 2.17. The van der Waals surface area contributed by atoms with Crippen LogP contribution >= 0.6 is 11.3 Å². The van der Waals surface area contributed by atoms with E-state index in [2.05, 4.69) is 42.8 Å². The maximum Gasteiger partial charge on any atom is 0.259 e. The number of aryl methyl sites for hydroxylation is 1. The van der Waals surface area contributed by atoms with Gasteiger partial charge in [0.2, 0.25) is 0 Å². The summed E-state index contributed by atoms with van der Waals surface area (Å²) in [6, 6.07) is 8.03. The smallest absolute Gasteiger partial charge is 0.259 e. The Morgan fingerprint density at radius 1 is 1.25 bits per heavy atom.